The molecule has 3 aliphatic rings. The molecule has 2 saturated heterocycles. The van der Waals surface area contributed by atoms with Gasteiger partial charge in [0.1, 0.15) is 0 Å². The summed E-state index contributed by atoms with van der Waals surface area (Å²) in [4.78, 5) is 14.3. The standard InChI is InChI=1S/C14H24N2O/c17-14(9-11-5-6-11)16-8-2-3-12(10-16)13-4-1-7-15-13/h11-13,15H,1-10H2. The lowest BCUT2D eigenvalue weighted by atomic mass is 9.89. The number of hydrogen-bond donors (Lipinski definition) is 1. The lowest BCUT2D eigenvalue weighted by Gasteiger charge is -2.36. The molecule has 1 saturated carbocycles. The lowest BCUT2D eigenvalue weighted by molar-refractivity contribution is -0.133. The number of likely N-dealkylation sites (tertiary alicyclic amines) is 1. The van der Waals surface area contributed by atoms with Gasteiger partial charge in [0.25, 0.3) is 0 Å². The van der Waals surface area contributed by atoms with Crippen molar-refractivity contribution in [1.29, 1.82) is 0 Å². The van der Waals surface area contributed by atoms with E-state index in [1.54, 1.807) is 0 Å². The highest BCUT2D eigenvalue weighted by Gasteiger charge is 2.32. The van der Waals surface area contributed by atoms with Crippen molar-refractivity contribution in [2.45, 2.75) is 51.0 Å². The van der Waals surface area contributed by atoms with E-state index < -0.39 is 0 Å². The molecule has 3 rings (SSSR count). The average molecular weight is 236 g/mol. The summed E-state index contributed by atoms with van der Waals surface area (Å²) >= 11 is 0. The summed E-state index contributed by atoms with van der Waals surface area (Å²) in [6.45, 7) is 3.20. The van der Waals surface area contributed by atoms with Crippen LogP contribution in [0.4, 0.5) is 0 Å². The molecule has 0 radical (unpaired) electrons. The third kappa shape index (κ3) is 2.82. The first-order valence-electron chi connectivity index (χ1n) is 7.34. The van der Waals surface area contributed by atoms with Crippen molar-refractivity contribution in [2.24, 2.45) is 11.8 Å². The van der Waals surface area contributed by atoms with Crippen LogP contribution >= 0.6 is 0 Å². The van der Waals surface area contributed by atoms with Gasteiger partial charge in [-0.05, 0) is 56.9 Å². The Bertz CT molecular complexity index is 282. The molecule has 0 aromatic rings. The Balaban J connectivity index is 1.52. The molecular formula is C14H24N2O. The summed E-state index contributed by atoms with van der Waals surface area (Å²) in [5.74, 6) is 1.87. The molecule has 2 aliphatic heterocycles. The monoisotopic (exact) mass is 236 g/mol. The van der Waals surface area contributed by atoms with Crippen molar-refractivity contribution >= 4 is 5.91 Å². The first kappa shape index (κ1) is 11.5. The molecule has 2 atom stereocenters. The Morgan fingerprint density at radius 1 is 1.18 bits per heavy atom. The molecule has 96 valence electrons. The third-order valence-electron chi connectivity index (χ3n) is 4.64. The summed E-state index contributed by atoms with van der Waals surface area (Å²) in [5, 5.41) is 3.60. The van der Waals surface area contributed by atoms with Crippen molar-refractivity contribution < 1.29 is 4.79 Å². The SMILES string of the molecule is O=C(CC1CC1)N1CCCC(C2CCCN2)C1. The van der Waals surface area contributed by atoms with Crippen molar-refractivity contribution in [3.63, 3.8) is 0 Å². The number of rotatable bonds is 3. The maximum absolute atomic E-state index is 12.1. The van der Waals surface area contributed by atoms with Crippen LogP contribution in [0.25, 0.3) is 0 Å². The maximum Gasteiger partial charge on any atom is 0.222 e. The molecule has 3 nitrogen and oxygen atoms in total. The molecule has 3 fully saturated rings. The summed E-state index contributed by atoms with van der Waals surface area (Å²) in [7, 11) is 0. The fourth-order valence-corrected chi connectivity index (χ4v) is 3.38. The highest BCUT2D eigenvalue weighted by Crippen LogP contribution is 2.33. The molecule has 2 heterocycles. The van der Waals surface area contributed by atoms with Crippen LogP contribution in [-0.2, 0) is 4.79 Å². The van der Waals surface area contributed by atoms with Crippen LogP contribution in [0.15, 0.2) is 0 Å². The zero-order valence-electron chi connectivity index (χ0n) is 10.7. The minimum absolute atomic E-state index is 0.426. The fourth-order valence-electron chi connectivity index (χ4n) is 3.38. The lowest BCUT2D eigenvalue weighted by Crippen LogP contribution is -2.45. The molecule has 17 heavy (non-hydrogen) atoms. The van der Waals surface area contributed by atoms with Gasteiger partial charge >= 0.3 is 0 Å². The normalized spacial score (nSPS) is 34.0. The van der Waals surface area contributed by atoms with Gasteiger partial charge in [0.05, 0.1) is 0 Å². The zero-order valence-corrected chi connectivity index (χ0v) is 10.7. The van der Waals surface area contributed by atoms with E-state index in [2.05, 4.69) is 10.2 Å². The van der Waals surface area contributed by atoms with Crippen LogP contribution in [0.2, 0.25) is 0 Å². The van der Waals surface area contributed by atoms with Crippen LogP contribution < -0.4 is 5.32 Å². The largest absolute Gasteiger partial charge is 0.342 e. The second-order valence-electron chi connectivity index (χ2n) is 6.09. The molecular weight excluding hydrogens is 212 g/mol. The number of hydrogen-bond acceptors (Lipinski definition) is 2. The number of nitrogens with one attached hydrogen (secondary N) is 1. The first-order valence-corrected chi connectivity index (χ1v) is 7.34. The van der Waals surface area contributed by atoms with Crippen LogP contribution in [-0.4, -0.2) is 36.5 Å². The number of piperidine rings is 1. The van der Waals surface area contributed by atoms with Gasteiger partial charge in [-0.2, -0.15) is 0 Å². The highest BCUT2D eigenvalue weighted by atomic mass is 16.2. The van der Waals surface area contributed by atoms with Gasteiger partial charge < -0.3 is 10.2 Å². The molecule has 0 bridgehead atoms. The first-order chi connectivity index (χ1) is 8.33. The molecule has 0 aromatic heterocycles. The van der Waals surface area contributed by atoms with Gasteiger partial charge in [-0.3, -0.25) is 4.79 Å². The van der Waals surface area contributed by atoms with Gasteiger partial charge in [0.15, 0.2) is 0 Å². The van der Waals surface area contributed by atoms with Gasteiger partial charge in [-0.1, -0.05) is 0 Å². The zero-order chi connectivity index (χ0) is 11.7. The van der Waals surface area contributed by atoms with Crippen LogP contribution in [0.3, 0.4) is 0 Å². The van der Waals surface area contributed by atoms with E-state index in [-0.39, 0.29) is 0 Å². The predicted molar refractivity (Wildman–Crippen MR) is 67.7 cm³/mol. The van der Waals surface area contributed by atoms with E-state index in [0.717, 1.165) is 31.3 Å². The molecule has 2 unspecified atom stereocenters. The second-order valence-corrected chi connectivity index (χ2v) is 6.09. The number of carbonyl (C=O) groups is 1. The smallest absolute Gasteiger partial charge is 0.222 e. The van der Waals surface area contributed by atoms with Crippen molar-refractivity contribution in [3.8, 4) is 0 Å². The average Bonchev–Trinajstić information content (AvgIpc) is 3.00. The molecule has 1 aliphatic carbocycles. The predicted octanol–water partition coefficient (Wildman–Crippen LogP) is 1.78. The molecule has 3 heteroatoms. The topological polar surface area (TPSA) is 32.3 Å². The Kier molecular flexibility index (Phi) is 3.37. The number of nitrogens with zero attached hydrogens (tertiary/aromatic N) is 1. The highest BCUT2D eigenvalue weighted by molar-refractivity contribution is 5.76. The second kappa shape index (κ2) is 4.97. The van der Waals surface area contributed by atoms with Crippen LogP contribution in [0, 0.1) is 11.8 Å². The van der Waals surface area contributed by atoms with Gasteiger partial charge in [0, 0.05) is 25.6 Å². The van der Waals surface area contributed by atoms with Crippen molar-refractivity contribution in [2.75, 3.05) is 19.6 Å². The van der Waals surface area contributed by atoms with Crippen LogP contribution in [0.5, 0.6) is 0 Å². The summed E-state index contributed by atoms with van der Waals surface area (Å²) in [5.41, 5.74) is 0. The Morgan fingerprint density at radius 2 is 2.06 bits per heavy atom. The summed E-state index contributed by atoms with van der Waals surface area (Å²) in [6, 6.07) is 0.687. The number of amides is 1. The van der Waals surface area contributed by atoms with Crippen LogP contribution in [0.1, 0.15) is 44.9 Å². The number of carbonyl (C=O) groups excluding carboxylic acids is 1. The third-order valence-corrected chi connectivity index (χ3v) is 4.64. The minimum atomic E-state index is 0.426. The van der Waals surface area contributed by atoms with E-state index in [9.17, 15) is 4.79 Å². The van der Waals surface area contributed by atoms with Crippen molar-refractivity contribution in [1.82, 2.24) is 10.2 Å². The molecule has 0 aromatic carbocycles. The molecule has 1 N–H and O–H groups in total. The Morgan fingerprint density at radius 3 is 2.76 bits per heavy atom. The summed E-state index contributed by atoms with van der Waals surface area (Å²) < 4.78 is 0. The summed E-state index contributed by atoms with van der Waals surface area (Å²) in [6.07, 6.45) is 8.54. The van der Waals surface area contributed by atoms with Gasteiger partial charge in [-0.25, -0.2) is 0 Å². The van der Waals surface area contributed by atoms with E-state index >= 15 is 0 Å². The molecule has 1 amide bonds. The minimum Gasteiger partial charge on any atom is -0.342 e. The van der Waals surface area contributed by atoms with Crippen molar-refractivity contribution in [3.05, 3.63) is 0 Å². The van der Waals surface area contributed by atoms with Gasteiger partial charge in [0.2, 0.25) is 5.91 Å². The maximum atomic E-state index is 12.1. The van der Waals surface area contributed by atoms with E-state index in [4.69, 9.17) is 0 Å². The van der Waals surface area contributed by atoms with E-state index in [0.29, 0.717) is 11.9 Å². The fraction of sp³-hybridized carbons (Fsp3) is 0.929. The van der Waals surface area contributed by atoms with E-state index in [1.165, 1.54) is 45.1 Å². The van der Waals surface area contributed by atoms with Gasteiger partial charge in [-0.15, -0.1) is 0 Å². The Labute approximate surface area is 104 Å². The quantitative estimate of drug-likeness (QED) is 0.810. The molecule has 0 spiro atoms. The Hall–Kier alpha value is -0.570. The van der Waals surface area contributed by atoms with E-state index in [1.807, 2.05) is 0 Å².